The largest absolute Gasteiger partial charge is 0.494 e. The van der Waals surface area contributed by atoms with Gasteiger partial charge in [-0.25, -0.2) is 4.98 Å². The van der Waals surface area contributed by atoms with Crippen LogP contribution in [0.4, 0.5) is 0 Å². The van der Waals surface area contributed by atoms with Crippen molar-refractivity contribution in [2.75, 3.05) is 6.61 Å². The Morgan fingerprint density at radius 2 is 2.00 bits per heavy atom. The fraction of sp³-hybridized carbons (Fsp3) is 0.273. The lowest BCUT2D eigenvalue weighted by Crippen LogP contribution is -2.23. The van der Waals surface area contributed by atoms with Crippen LogP contribution in [0.2, 0.25) is 0 Å². The van der Waals surface area contributed by atoms with Crippen LogP contribution in [0.3, 0.4) is 0 Å². The molecule has 0 aliphatic rings. The van der Waals surface area contributed by atoms with Gasteiger partial charge in [-0.15, -0.1) is 0 Å². The fourth-order valence-corrected chi connectivity index (χ4v) is 3.27. The number of fused-ring (bicyclic) bond motifs is 1. The number of amides is 1. The lowest BCUT2D eigenvalue weighted by molar-refractivity contribution is -0.119. The second-order valence-electron chi connectivity index (χ2n) is 6.57. The number of carbonyl (C=O) groups excluding carboxylic acids is 1. The number of hydrogen-bond donors (Lipinski definition) is 1. The Morgan fingerprint density at radius 1 is 1.18 bits per heavy atom. The molecule has 5 nitrogen and oxygen atoms in total. The third-order valence-corrected chi connectivity index (χ3v) is 4.82. The first-order valence-corrected chi connectivity index (χ1v) is 10.0. The molecule has 0 saturated heterocycles. The molecule has 1 atom stereocenters. The van der Waals surface area contributed by atoms with E-state index in [-0.39, 0.29) is 11.9 Å². The van der Waals surface area contributed by atoms with E-state index in [1.807, 2.05) is 55.5 Å². The van der Waals surface area contributed by atoms with Crippen LogP contribution >= 0.6 is 15.9 Å². The van der Waals surface area contributed by atoms with Gasteiger partial charge in [-0.2, -0.15) is 0 Å². The van der Waals surface area contributed by atoms with Crippen molar-refractivity contribution in [2.24, 2.45) is 0 Å². The molecule has 0 aliphatic heterocycles. The minimum Gasteiger partial charge on any atom is -0.494 e. The normalized spacial score (nSPS) is 11.9. The molecule has 1 unspecified atom stereocenters. The van der Waals surface area contributed by atoms with Crippen LogP contribution in [0.25, 0.3) is 10.9 Å². The molecule has 3 rings (SSSR count). The molecule has 28 heavy (non-hydrogen) atoms. The second-order valence-corrected chi connectivity index (χ2v) is 7.42. The van der Waals surface area contributed by atoms with Crippen LogP contribution in [0.1, 0.15) is 38.8 Å². The highest BCUT2D eigenvalue weighted by atomic mass is 79.9. The molecule has 6 heteroatoms. The van der Waals surface area contributed by atoms with Crippen molar-refractivity contribution in [2.45, 2.75) is 33.2 Å². The fourth-order valence-electron chi connectivity index (χ4n) is 2.83. The van der Waals surface area contributed by atoms with Gasteiger partial charge >= 0.3 is 0 Å². The average Bonchev–Trinajstić information content (AvgIpc) is 2.67. The Balaban J connectivity index is 1.78. The molecule has 1 aromatic heterocycles. The molecule has 0 spiro atoms. The van der Waals surface area contributed by atoms with Gasteiger partial charge in [-0.3, -0.25) is 4.79 Å². The molecule has 2 aromatic carbocycles. The maximum Gasteiger partial charge on any atom is 0.219 e. The van der Waals surface area contributed by atoms with E-state index in [9.17, 15) is 4.79 Å². The number of aromatic nitrogens is 1. The lowest BCUT2D eigenvalue weighted by Gasteiger charge is -2.14. The molecule has 0 fully saturated rings. The molecule has 1 N–H and O–H groups in total. The number of rotatable bonds is 7. The zero-order valence-corrected chi connectivity index (χ0v) is 17.7. The van der Waals surface area contributed by atoms with Gasteiger partial charge in [0.2, 0.25) is 11.8 Å². The summed E-state index contributed by atoms with van der Waals surface area (Å²) in [5.41, 5.74) is 1.86. The Morgan fingerprint density at radius 3 is 2.71 bits per heavy atom. The average molecular weight is 443 g/mol. The van der Waals surface area contributed by atoms with Crippen LogP contribution in [-0.4, -0.2) is 17.5 Å². The van der Waals surface area contributed by atoms with Gasteiger partial charge in [0.1, 0.15) is 11.5 Å². The molecule has 1 heterocycles. The summed E-state index contributed by atoms with van der Waals surface area (Å²) in [6.45, 7) is 6.23. The number of benzene rings is 2. The van der Waals surface area contributed by atoms with Gasteiger partial charge in [0.05, 0.1) is 22.6 Å². The zero-order chi connectivity index (χ0) is 20.1. The van der Waals surface area contributed by atoms with Crippen molar-refractivity contribution in [3.63, 3.8) is 0 Å². The van der Waals surface area contributed by atoms with Crippen LogP contribution in [0.15, 0.2) is 53.0 Å². The first-order valence-electron chi connectivity index (χ1n) is 9.24. The highest BCUT2D eigenvalue weighted by molar-refractivity contribution is 9.10. The van der Waals surface area contributed by atoms with E-state index >= 15 is 0 Å². The number of nitrogens with one attached hydrogen (secondary N) is 1. The van der Waals surface area contributed by atoms with Gasteiger partial charge in [0.15, 0.2) is 0 Å². The molecular formula is C22H23BrN2O3. The zero-order valence-electron chi connectivity index (χ0n) is 16.2. The molecule has 3 aromatic rings. The molecule has 0 saturated carbocycles. The predicted molar refractivity (Wildman–Crippen MR) is 114 cm³/mol. The van der Waals surface area contributed by atoms with Gasteiger partial charge in [-0.05, 0) is 71.2 Å². The van der Waals surface area contributed by atoms with Crippen molar-refractivity contribution in [1.82, 2.24) is 10.3 Å². The summed E-state index contributed by atoms with van der Waals surface area (Å²) in [4.78, 5) is 15.8. The quantitative estimate of drug-likeness (QED) is 0.503. The Bertz CT molecular complexity index is 991. The van der Waals surface area contributed by atoms with Crippen molar-refractivity contribution in [3.8, 4) is 17.4 Å². The summed E-state index contributed by atoms with van der Waals surface area (Å²) in [7, 11) is 0. The van der Waals surface area contributed by atoms with Crippen molar-refractivity contribution >= 4 is 32.7 Å². The summed E-state index contributed by atoms with van der Waals surface area (Å²) in [5, 5.41) is 3.88. The summed E-state index contributed by atoms with van der Waals surface area (Å²) in [5.74, 6) is 1.93. The van der Waals surface area contributed by atoms with Crippen LogP contribution in [0.5, 0.6) is 17.4 Å². The smallest absolute Gasteiger partial charge is 0.219 e. The maximum atomic E-state index is 11.3. The first kappa shape index (κ1) is 20.1. The number of hydrogen-bond acceptors (Lipinski definition) is 4. The van der Waals surface area contributed by atoms with Crippen LogP contribution in [-0.2, 0) is 4.79 Å². The van der Waals surface area contributed by atoms with E-state index in [2.05, 4.69) is 33.2 Å². The Labute approximate surface area is 173 Å². The molecule has 0 bridgehead atoms. The van der Waals surface area contributed by atoms with Crippen LogP contribution < -0.4 is 14.8 Å². The Kier molecular flexibility index (Phi) is 6.52. The van der Waals surface area contributed by atoms with E-state index < -0.39 is 0 Å². The predicted octanol–water partition coefficient (Wildman–Crippen LogP) is 5.78. The Hall–Kier alpha value is -2.60. The molecule has 146 valence electrons. The van der Waals surface area contributed by atoms with E-state index in [1.54, 1.807) is 0 Å². The summed E-state index contributed by atoms with van der Waals surface area (Å²) >= 11 is 3.52. The highest BCUT2D eigenvalue weighted by Gasteiger charge is 2.10. The van der Waals surface area contributed by atoms with Gasteiger partial charge in [0, 0.05) is 18.4 Å². The highest BCUT2D eigenvalue weighted by Crippen LogP contribution is 2.33. The molecular weight excluding hydrogens is 420 g/mol. The van der Waals surface area contributed by atoms with E-state index in [0.717, 1.165) is 33.1 Å². The third kappa shape index (κ3) is 5.01. The molecule has 1 amide bonds. The minimum atomic E-state index is -0.0535. The number of pyridine rings is 1. The minimum absolute atomic E-state index is 0.0499. The number of halogens is 1. The summed E-state index contributed by atoms with van der Waals surface area (Å²) in [6, 6.07) is 15.3. The summed E-state index contributed by atoms with van der Waals surface area (Å²) in [6.07, 6.45) is 0.961. The first-order chi connectivity index (χ1) is 13.5. The summed E-state index contributed by atoms with van der Waals surface area (Å²) < 4.78 is 12.4. The number of ether oxygens (including phenoxy) is 2. The molecule has 0 aliphatic carbocycles. The van der Waals surface area contributed by atoms with Crippen molar-refractivity contribution in [3.05, 3.63) is 58.6 Å². The van der Waals surface area contributed by atoms with Gasteiger partial charge in [0.25, 0.3) is 0 Å². The SMILES string of the molecule is CCCOc1ccc(Oc2ccc3cc(C(C)NC(C)=O)ccc3n2)c(Br)c1. The van der Waals surface area contributed by atoms with Crippen molar-refractivity contribution < 1.29 is 14.3 Å². The topological polar surface area (TPSA) is 60.5 Å². The van der Waals surface area contributed by atoms with E-state index in [4.69, 9.17) is 9.47 Å². The van der Waals surface area contributed by atoms with Gasteiger partial charge in [-0.1, -0.05) is 13.0 Å². The second kappa shape index (κ2) is 9.06. The monoisotopic (exact) mass is 442 g/mol. The maximum absolute atomic E-state index is 11.3. The van der Waals surface area contributed by atoms with E-state index in [1.165, 1.54) is 6.92 Å². The molecule has 0 radical (unpaired) electrons. The lowest BCUT2D eigenvalue weighted by atomic mass is 10.1. The van der Waals surface area contributed by atoms with E-state index in [0.29, 0.717) is 18.2 Å². The third-order valence-electron chi connectivity index (χ3n) is 4.20. The number of carbonyl (C=O) groups is 1. The number of nitrogens with zero attached hydrogens (tertiary/aromatic N) is 1. The standard InChI is InChI=1S/C22H23BrN2O3/c1-4-11-27-18-7-9-21(19(23)13-18)28-22-10-6-17-12-16(5-8-20(17)25-22)14(2)24-15(3)26/h5-10,12-14H,4,11H2,1-3H3,(H,24,26). The van der Waals surface area contributed by atoms with Gasteiger partial charge < -0.3 is 14.8 Å². The van der Waals surface area contributed by atoms with Crippen molar-refractivity contribution in [1.29, 1.82) is 0 Å². The van der Waals surface area contributed by atoms with Crippen LogP contribution in [0, 0.1) is 0 Å².